The minimum atomic E-state index is 0.657. The lowest BCUT2D eigenvalue weighted by Crippen LogP contribution is -2.47. The van der Waals surface area contributed by atoms with Crippen molar-refractivity contribution in [1.29, 1.82) is 5.26 Å². The molecule has 0 aromatic carbocycles. The average molecular weight is 376 g/mol. The number of rotatable bonds is 2. The van der Waals surface area contributed by atoms with Gasteiger partial charge in [0, 0.05) is 37.3 Å². The number of piperazine rings is 1. The van der Waals surface area contributed by atoms with Crippen LogP contribution in [0.3, 0.4) is 0 Å². The molecule has 1 aliphatic carbocycles. The third kappa shape index (κ3) is 2.81. The number of pyridine rings is 1. The molecule has 0 bridgehead atoms. The Kier molecular flexibility index (Phi) is 3.94. The van der Waals surface area contributed by atoms with Crippen molar-refractivity contribution in [2.24, 2.45) is 0 Å². The Labute approximate surface area is 162 Å². The molecule has 5 rings (SSSR count). The van der Waals surface area contributed by atoms with E-state index in [0.29, 0.717) is 5.56 Å². The maximum Gasteiger partial charge on any atom is 0.141 e. The summed E-state index contributed by atoms with van der Waals surface area (Å²) in [5.41, 5.74) is 2.14. The van der Waals surface area contributed by atoms with Crippen LogP contribution in [0.25, 0.3) is 10.2 Å². The Morgan fingerprint density at radius 1 is 1.11 bits per heavy atom. The Morgan fingerprint density at radius 2 is 1.93 bits per heavy atom. The van der Waals surface area contributed by atoms with Gasteiger partial charge >= 0.3 is 0 Å². The quantitative estimate of drug-likeness (QED) is 0.685. The molecule has 0 spiro atoms. The predicted octanol–water partition coefficient (Wildman–Crippen LogP) is 3.08. The summed E-state index contributed by atoms with van der Waals surface area (Å²) in [4.78, 5) is 21.3. The summed E-state index contributed by atoms with van der Waals surface area (Å²) in [5, 5.41) is 10.4. The highest BCUT2D eigenvalue weighted by Crippen LogP contribution is 2.40. The first-order chi connectivity index (χ1) is 13.2. The Balaban J connectivity index is 1.43. The molecule has 3 aromatic rings. The van der Waals surface area contributed by atoms with Gasteiger partial charge in [0.2, 0.25) is 0 Å². The van der Waals surface area contributed by atoms with E-state index in [-0.39, 0.29) is 0 Å². The Morgan fingerprint density at radius 3 is 2.74 bits per heavy atom. The van der Waals surface area contributed by atoms with Crippen molar-refractivity contribution in [2.75, 3.05) is 36.0 Å². The first-order valence-electron chi connectivity index (χ1n) is 9.38. The topological polar surface area (TPSA) is 68.9 Å². The number of hydrogen-bond donors (Lipinski definition) is 0. The number of thiophene rings is 1. The zero-order valence-electron chi connectivity index (χ0n) is 15.3. The highest BCUT2D eigenvalue weighted by atomic mass is 32.1. The van der Waals surface area contributed by atoms with Crippen LogP contribution in [0.1, 0.15) is 28.2 Å². The van der Waals surface area contributed by atoms with Gasteiger partial charge in [0.15, 0.2) is 0 Å². The van der Waals surface area contributed by atoms with Crippen LogP contribution in [-0.2, 0) is 12.8 Å². The van der Waals surface area contributed by atoms with E-state index in [1.807, 2.05) is 24.3 Å². The number of nitriles is 1. The van der Waals surface area contributed by atoms with E-state index in [9.17, 15) is 0 Å². The molecular weight excluding hydrogens is 356 g/mol. The summed E-state index contributed by atoms with van der Waals surface area (Å²) >= 11 is 1.85. The SMILES string of the molecule is Cc1nc(N2CCN(c3cc(C#N)ccn3)CC2)c2c3c(sc2n1)CCC3. The largest absolute Gasteiger partial charge is 0.353 e. The lowest BCUT2D eigenvalue weighted by Gasteiger charge is -2.36. The van der Waals surface area contributed by atoms with E-state index in [1.54, 1.807) is 12.3 Å². The maximum absolute atomic E-state index is 9.12. The first-order valence-corrected chi connectivity index (χ1v) is 10.2. The predicted molar refractivity (Wildman–Crippen MR) is 108 cm³/mol. The molecule has 0 atom stereocenters. The van der Waals surface area contributed by atoms with Gasteiger partial charge in [-0.1, -0.05) is 0 Å². The number of hydrogen-bond acceptors (Lipinski definition) is 7. The fourth-order valence-electron chi connectivity index (χ4n) is 4.12. The third-order valence-corrected chi connectivity index (χ3v) is 6.62. The van der Waals surface area contributed by atoms with Gasteiger partial charge in [0.1, 0.15) is 22.3 Å². The van der Waals surface area contributed by atoms with Gasteiger partial charge in [-0.2, -0.15) is 5.26 Å². The second kappa shape index (κ2) is 6.46. The van der Waals surface area contributed by atoms with Crippen molar-refractivity contribution in [2.45, 2.75) is 26.2 Å². The van der Waals surface area contributed by atoms with Gasteiger partial charge in [-0.3, -0.25) is 0 Å². The van der Waals surface area contributed by atoms with Crippen LogP contribution in [0, 0.1) is 18.3 Å². The minimum absolute atomic E-state index is 0.657. The molecule has 0 saturated carbocycles. The van der Waals surface area contributed by atoms with Crippen molar-refractivity contribution in [1.82, 2.24) is 15.0 Å². The van der Waals surface area contributed by atoms with E-state index >= 15 is 0 Å². The summed E-state index contributed by atoms with van der Waals surface area (Å²) in [6, 6.07) is 5.81. The molecule has 7 heteroatoms. The molecule has 0 unspecified atom stereocenters. The van der Waals surface area contributed by atoms with Gasteiger partial charge in [0.05, 0.1) is 17.0 Å². The van der Waals surface area contributed by atoms with E-state index in [4.69, 9.17) is 15.2 Å². The average Bonchev–Trinajstić information content (AvgIpc) is 3.28. The number of anilines is 2. The molecule has 0 N–H and O–H groups in total. The summed E-state index contributed by atoms with van der Waals surface area (Å²) in [7, 11) is 0. The normalized spacial score (nSPS) is 16.6. The van der Waals surface area contributed by atoms with Crippen molar-refractivity contribution in [3.63, 3.8) is 0 Å². The molecule has 136 valence electrons. The molecule has 1 saturated heterocycles. The smallest absolute Gasteiger partial charge is 0.141 e. The molecule has 27 heavy (non-hydrogen) atoms. The summed E-state index contributed by atoms with van der Waals surface area (Å²) in [5.74, 6) is 2.84. The molecule has 1 aliphatic heterocycles. The number of aromatic nitrogens is 3. The minimum Gasteiger partial charge on any atom is -0.353 e. The van der Waals surface area contributed by atoms with E-state index in [2.05, 4.69) is 20.9 Å². The molecule has 3 aromatic heterocycles. The van der Waals surface area contributed by atoms with Crippen LogP contribution >= 0.6 is 11.3 Å². The van der Waals surface area contributed by atoms with E-state index in [0.717, 1.165) is 54.9 Å². The number of aryl methyl sites for hydroxylation is 3. The van der Waals surface area contributed by atoms with E-state index < -0.39 is 0 Å². The van der Waals surface area contributed by atoms with Crippen molar-refractivity contribution < 1.29 is 0 Å². The highest BCUT2D eigenvalue weighted by molar-refractivity contribution is 7.19. The molecule has 0 amide bonds. The molecular formula is C20H20N6S. The van der Waals surface area contributed by atoms with Crippen LogP contribution in [0.5, 0.6) is 0 Å². The van der Waals surface area contributed by atoms with Crippen LogP contribution < -0.4 is 9.80 Å². The molecule has 4 heterocycles. The fourth-order valence-corrected chi connectivity index (χ4v) is 5.42. The van der Waals surface area contributed by atoms with Crippen LogP contribution in [0.4, 0.5) is 11.6 Å². The van der Waals surface area contributed by atoms with Crippen molar-refractivity contribution in [3.05, 3.63) is 40.2 Å². The monoisotopic (exact) mass is 376 g/mol. The highest BCUT2D eigenvalue weighted by Gasteiger charge is 2.26. The molecule has 0 radical (unpaired) electrons. The Bertz CT molecular complexity index is 1060. The fraction of sp³-hybridized carbons (Fsp3) is 0.400. The summed E-state index contributed by atoms with van der Waals surface area (Å²) < 4.78 is 0. The third-order valence-electron chi connectivity index (χ3n) is 5.44. The van der Waals surface area contributed by atoms with Crippen LogP contribution in [-0.4, -0.2) is 41.1 Å². The van der Waals surface area contributed by atoms with Crippen LogP contribution in [0.15, 0.2) is 18.3 Å². The standard InChI is InChI=1S/C20H20N6S/c1-13-23-19(18-15-3-2-4-16(15)27-20(18)24-13)26-9-7-25(8-10-26)17-11-14(12-21)5-6-22-17/h5-6,11H,2-4,7-10H2,1H3. The summed E-state index contributed by atoms with van der Waals surface area (Å²) in [6.45, 7) is 5.53. The Hall–Kier alpha value is -2.72. The second-order valence-electron chi connectivity index (χ2n) is 7.12. The van der Waals surface area contributed by atoms with Crippen molar-refractivity contribution >= 4 is 33.2 Å². The molecule has 6 nitrogen and oxygen atoms in total. The zero-order valence-corrected chi connectivity index (χ0v) is 16.1. The second-order valence-corrected chi connectivity index (χ2v) is 8.20. The zero-order chi connectivity index (χ0) is 18.4. The number of fused-ring (bicyclic) bond motifs is 3. The van der Waals surface area contributed by atoms with Gasteiger partial charge in [-0.05, 0) is 43.9 Å². The lowest BCUT2D eigenvalue weighted by molar-refractivity contribution is 0.642. The van der Waals surface area contributed by atoms with Crippen molar-refractivity contribution in [3.8, 4) is 6.07 Å². The summed E-state index contributed by atoms with van der Waals surface area (Å²) in [6.07, 6.45) is 5.30. The molecule has 1 fully saturated rings. The first kappa shape index (κ1) is 16.5. The van der Waals surface area contributed by atoms with Gasteiger partial charge in [-0.15, -0.1) is 11.3 Å². The van der Waals surface area contributed by atoms with E-state index in [1.165, 1.54) is 28.7 Å². The van der Waals surface area contributed by atoms with Gasteiger partial charge in [0.25, 0.3) is 0 Å². The number of nitrogens with zero attached hydrogens (tertiary/aromatic N) is 6. The van der Waals surface area contributed by atoms with Crippen LogP contribution in [0.2, 0.25) is 0 Å². The lowest BCUT2D eigenvalue weighted by atomic mass is 10.1. The van der Waals surface area contributed by atoms with Gasteiger partial charge in [-0.25, -0.2) is 15.0 Å². The molecule has 2 aliphatic rings. The van der Waals surface area contributed by atoms with Gasteiger partial charge < -0.3 is 9.80 Å². The maximum atomic E-state index is 9.12.